The molecule has 0 bridgehead atoms. The third-order valence-electron chi connectivity index (χ3n) is 3.14. The molecule has 0 unspecified atom stereocenters. The quantitative estimate of drug-likeness (QED) is 0.482. The van der Waals surface area contributed by atoms with Crippen molar-refractivity contribution in [1.82, 2.24) is 10.3 Å². The van der Waals surface area contributed by atoms with Gasteiger partial charge < -0.3 is 4.74 Å². The standard InChI is InChI=1S/C14H19N3O2S/c1-17(7-8-19-2)9-11-10-5-3-4-6-12(10)20-13(11)14(18)16-15/h3-6H,7-9,15H2,1-2H3,(H,16,18). The summed E-state index contributed by atoms with van der Waals surface area (Å²) in [6.45, 7) is 2.16. The van der Waals surface area contributed by atoms with Crippen molar-refractivity contribution in [1.29, 1.82) is 0 Å². The molecule has 1 aromatic carbocycles. The third-order valence-corrected chi connectivity index (χ3v) is 4.35. The first-order valence-electron chi connectivity index (χ1n) is 6.36. The first kappa shape index (κ1) is 14.9. The lowest BCUT2D eigenvalue weighted by Crippen LogP contribution is -2.31. The Balaban J connectivity index is 2.35. The van der Waals surface area contributed by atoms with Crippen molar-refractivity contribution in [3.8, 4) is 0 Å². The van der Waals surface area contributed by atoms with Crippen LogP contribution in [-0.2, 0) is 11.3 Å². The number of hydrogen-bond donors (Lipinski definition) is 2. The lowest BCUT2D eigenvalue weighted by atomic mass is 10.1. The van der Waals surface area contributed by atoms with Crippen LogP contribution in [0.15, 0.2) is 24.3 Å². The van der Waals surface area contributed by atoms with E-state index in [0.29, 0.717) is 18.0 Å². The molecule has 1 heterocycles. The van der Waals surface area contributed by atoms with Crippen LogP contribution in [0.3, 0.4) is 0 Å². The van der Waals surface area contributed by atoms with E-state index in [4.69, 9.17) is 10.6 Å². The van der Waals surface area contributed by atoms with E-state index in [1.807, 2.05) is 31.3 Å². The van der Waals surface area contributed by atoms with Gasteiger partial charge in [0.2, 0.25) is 0 Å². The van der Waals surface area contributed by atoms with E-state index in [2.05, 4.69) is 10.3 Å². The summed E-state index contributed by atoms with van der Waals surface area (Å²) in [6, 6.07) is 8.02. The second-order valence-electron chi connectivity index (χ2n) is 4.61. The average molecular weight is 293 g/mol. The maximum Gasteiger partial charge on any atom is 0.275 e. The number of nitrogens with two attached hydrogens (primary N) is 1. The fourth-order valence-corrected chi connectivity index (χ4v) is 3.22. The van der Waals surface area contributed by atoms with Crippen LogP contribution >= 0.6 is 11.3 Å². The second kappa shape index (κ2) is 6.81. The number of fused-ring (bicyclic) bond motifs is 1. The Morgan fingerprint density at radius 1 is 1.45 bits per heavy atom. The molecule has 108 valence electrons. The Bertz CT molecular complexity index is 597. The number of ether oxygens (including phenoxy) is 1. The van der Waals surface area contributed by atoms with E-state index in [0.717, 1.165) is 22.2 Å². The number of methoxy groups -OCH3 is 1. The maximum atomic E-state index is 11.9. The van der Waals surface area contributed by atoms with Crippen molar-refractivity contribution in [3.63, 3.8) is 0 Å². The van der Waals surface area contributed by atoms with E-state index >= 15 is 0 Å². The molecule has 1 amide bonds. The maximum absolute atomic E-state index is 11.9. The SMILES string of the molecule is COCCN(C)Cc1c(C(=O)NN)sc2ccccc12. The van der Waals surface area contributed by atoms with Gasteiger partial charge in [-0.25, -0.2) is 5.84 Å². The monoisotopic (exact) mass is 293 g/mol. The molecule has 0 saturated heterocycles. The number of rotatable bonds is 6. The van der Waals surface area contributed by atoms with Crippen molar-refractivity contribution in [2.24, 2.45) is 5.84 Å². The minimum Gasteiger partial charge on any atom is -0.383 e. The Morgan fingerprint density at radius 3 is 2.90 bits per heavy atom. The molecule has 0 spiro atoms. The molecule has 0 saturated carbocycles. The van der Waals surface area contributed by atoms with Gasteiger partial charge in [0.1, 0.15) is 0 Å². The molecule has 1 aromatic heterocycles. The normalized spacial score (nSPS) is 11.2. The van der Waals surface area contributed by atoms with E-state index in [1.54, 1.807) is 7.11 Å². The lowest BCUT2D eigenvalue weighted by Gasteiger charge is -2.16. The van der Waals surface area contributed by atoms with E-state index in [1.165, 1.54) is 11.3 Å². The predicted molar refractivity (Wildman–Crippen MR) is 81.7 cm³/mol. The molecule has 2 aromatic rings. The van der Waals surface area contributed by atoms with Crippen LogP contribution in [0.2, 0.25) is 0 Å². The number of benzene rings is 1. The number of nitrogens with one attached hydrogen (secondary N) is 1. The molecule has 5 nitrogen and oxygen atoms in total. The number of nitrogens with zero attached hydrogens (tertiary/aromatic N) is 1. The number of hydrogen-bond acceptors (Lipinski definition) is 5. The minimum absolute atomic E-state index is 0.235. The molecule has 2 rings (SSSR count). The van der Waals surface area contributed by atoms with Crippen LogP contribution in [-0.4, -0.2) is 38.1 Å². The Kier molecular flexibility index (Phi) is 5.08. The Labute approximate surface area is 122 Å². The van der Waals surface area contributed by atoms with Gasteiger partial charge in [0.25, 0.3) is 5.91 Å². The van der Waals surface area contributed by atoms with Crippen LogP contribution in [0.5, 0.6) is 0 Å². The van der Waals surface area contributed by atoms with Crippen molar-refractivity contribution >= 4 is 27.3 Å². The highest BCUT2D eigenvalue weighted by atomic mass is 32.1. The summed E-state index contributed by atoms with van der Waals surface area (Å²) < 4.78 is 6.18. The van der Waals surface area contributed by atoms with Crippen molar-refractivity contribution in [2.45, 2.75) is 6.54 Å². The van der Waals surface area contributed by atoms with Gasteiger partial charge in [-0.2, -0.15) is 0 Å². The second-order valence-corrected chi connectivity index (χ2v) is 5.66. The number of thiophene rings is 1. The van der Waals surface area contributed by atoms with Gasteiger partial charge in [-0.1, -0.05) is 18.2 Å². The molecule has 20 heavy (non-hydrogen) atoms. The molecule has 0 radical (unpaired) electrons. The number of carbonyl (C=O) groups is 1. The fourth-order valence-electron chi connectivity index (χ4n) is 2.10. The molecular weight excluding hydrogens is 274 g/mol. The van der Waals surface area contributed by atoms with Crippen molar-refractivity contribution < 1.29 is 9.53 Å². The molecule has 0 atom stereocenters. The van der Waals surface area contributed by atoms with Crippen LogP contribution in [0.4, 0.5) is 0 Å². The van der Waals surface area contributed by atoms with Crippen LogP contribution in [0.1, 0.15) is 15.2 Å². The summed E-state index contributed by atoms with van der Waals surface area (Å²) in [5, 5.41) is 1.11. The van der Waals surface area contributed by atoms with E-state index in [9.17, 15) is 4.79 Å². The number of likely N-dealkylation sites (N-methyl/N-ethyl adjacent to an activating group) is 1. The zero-order valence-corrected chi connectivity index (χ0v) is 12.5. The zero-order chi connectivity index (χ0) is 14.5. The minimum atomic E-state index is -0.235. The van der Waals surface area contributed by atoms with E-state index < -0.39 is 0 Å². The summed E-state index contributed by atoms with van der Waals surface area (Å²) in [5.74, 6) is 5.04. The van der Waals surface area contributed by atoms with Crippen LogP contribution < -0.4 is 11.3 Å². The number of carbonyl (C=O) groups excluding carboxylic acids is 1. The molecule has 0 aliphatic carbocycles. The average Bonchev–Trinajstić information content (AvgIpc) is 2.83. The highest BCUT2D eigenvalue weighted by Crippen LogP contribution is 2.31. The Hall–Kier alpha value is -1.47. The number of hydrazine groups is 1. The number of amides is 1. The highest BCUT2D eigenvalue weighted by Gasteiger charge is 2.18. The zero-order valence-electron chi connectivity index (χ0n) is 11.7. The van der Waals surface area contributed by atoms with Gasteiger partial charge in [0.15, 0.2) is 0 Å². The smallest absolute Gasteiger partial charge is 0.275 e. The summed E-state index contributed by atoms with van der Waals surface area (Å²) in [6.07, 6.45) is 0. The fraction of sp³-hybridized carbons (Fsp3) is 0.357. The molecule has 0 fully saturated rings. The third kappa shape index (κ3) is 3.16. The van der Waals surface area contributed by atoms with Gasteiger partial charge >= 0.3 is 0 Å². The van der Waals surface area contributed by atoms with Gasteiger partial charge in [-0.15, -0.1) is 11.3 Å². The molecule has 0 aliphatic rings. The summed E-state index contributed by atoms with van der Waals surface area (Å²) >= 11 is 1.47. The highest BCUT2D eigenvalue weighted by molar-refractivity contribution is 7.21. The molecule has 0 aliphatic heterocycles. The topological polar surface area (TPSA) is 67.6 Å². The molecule has 6 heteroatoms. The Morgan fingerprint density at radius 2 is 2.20 bits per heavy atom. The van der Waals surface area contributed by atoms with Crippen LogP contribution in [0, 0.1) is 0 Å². The largest absolute Gasteiger partial charge is 0.383 e. The van der Waals surface area contributed by atoms with Gasteiger partial charge in [-0.3, -0.25) is 15.1 Å². The first-order chi connectivity index (χ1) is 9.67. The number of nitrogen functional groups attached to an aromatic ring is 1. The summed E-state index contributed by atoms with van der Waals surface area (Å²) in [4.78, 5) is 14.7. The van der Waals surface area contributed by atoms with Crippen molar-refractivity contribution in [3.05, 3.63) is 34.7 Å². The summed E-state index contributed by atoms with van der Waals surface area (Å²) in [5.41, 5.74) is 3.25. The van der Waals surface area contributed by atoms with Crippen molar-refractivity contribution in [2.75, 3.05) is 27.3 Å². The van der Waals surface area contributed by atoms with E-state index in [-0.39, 0.29) is 5.91 Å². The predicted octanol–water partition coefficient (Wildman–Crippen LogP) is 1.58. The van der Waals surface area contributed by atoms with Gasteiger partial charge in [0.05, 0.1) is 11.5 Å². The van der Waals surface area contributed by atoms with Gasteiger partial charge in [0, 0.05) is 24.9 Å². The van der Waals surface area contributed by atoms with Crippen LogP contribution in [0.25, 0.3) is 10.1 Å². The summed E-state index contributed by atoms with van der Waals surface area (Å²) in [7, 11) is 3.69. The van der Waals surface area contributed by atoms with Gasteiger partial charge in [-0.05, 0) is 24.1 Å². The molecule has 3 N–H and O–H groups in total. The molecular formula is C14H19N3O2S. The lowest BCUT2D eigenvalue weighted by molar-refractivity contribution is 0.0956. The first-order valence-corrected chi connectivity index (χ1v) is 7.18.